The first-order valence-electron chi connectivity index (χ1n) is 7.27. The van der Waals surface area contributed by atoms with Crippen molar-refractivity contribution in [2.45, 2.75) is 38.9 Å². The van der Waals surface area contributed by atoms with Crippen LogP contribution in [0.15, 0.2) is 42.9 Å². The van der Waals surface area contributed by atoms with Crippen LogP contribution in [0.5, 0.6) is 0 Å². The Balaban J connectivity index is 2.10. The van der Waals surface area contributed by atoms with Gasteiger partial charge in [-0.1, -0.05) is 37.3 Å². The van der Waals surface area contributed by atoms with Crippen LogP contribution in [-0.2, 0) is 6.54 Å². The summed E-state index contributed by atoms with van der Waals surface area (Å²) in [7, 11) is 0. The second-order valence-corrected chi connectivity index (χ2v) is 5.10. The summed E-state index contributed by atoms with van der Waals surface area (Å²) in [5, 5.41) is 3.60. The molecule has 20 heavy (non-hydrogen) atoms. The van der Waals surface area contributed by atoms with Gasteiger partial charge >= 0.3 is 0 Å². The lowest BCUT2D eigenvalue weighted by molar-refractivity contribution is 0.447. The molecule has 0 saturated heterocycles. The predicted octanol–water partition coefficient (Wildman–Crippen LogP) is 2.64. The van der Waals surface area contributed by atoms with Gasteiger partial charge in [0.15, 0.2) is 0 Å². The Labute approximate surface area is 121 Å². The van der Waals surface area contributed by atoms with Crippen molar-refractivity contribution in [3.63, 3.8) is 0 Å². The van der Waals surface area contributed by atoms with E-state index in [2.05, 4.69) is 53.0 Å². The molecule has 3 N–H and O–H groups in total. The molecule has 4 heteroatoms. The Bertz CT molecular complexity index is 506. The molecule has 0 aliphatic rings. The number of hydrogen-bond donors (Lipinski definition) is 2. The van der Waals surface area contributed by atoms with Crippen LogP contribution in [0, 0.1) is 0 Å². The van der Waals surface area contributed by atoms with Gasteiger partial charge in [0, 0.05) is 25.3 Å². The van der Waals surface area contributed by atoms with Gasteiger partial charge in [0.1, 0.15) is 0 Å². The van der Waals surface area contributed by atoms with Crippen molar-refractivity contribution >= 4 is 0 Å². The smallest absolute Gasteiger partial charge is 0.0948 e. The number of rotatable bonds is 7. The molecule has 0 saturated carbocycles. The van der Waals surface area contributed by atoms with E-state index in [9.17, 15) is 0 Å². The van der Waals surface area contributed by atoms with Crippen molar-refractivity contribution in [2.24, 2.45) is 5.73 Å². The zero-order valence-electron chi connectivity index (χ0n) is 12.3. The molecular formula is C16H24N4. The molecule has 108 valence electrons. The summed E-state index contributed by atoms with van der Waals surface area (Å²) < 4.78 is 2.18. The molecule has 2 atom stereocenters. The third kappa shape index (κ3) is 3.46. The molecule has 2 unspecified atom stereocenters. The minimum Gasteiger partial charge on any atom is -0.333 e. The average molecular weight is 272 g/mol. The second kappa shape index (κ2) is 7.22. The van der Waals surface area contributed by atoms with Crippen LogP contribution in [-0.4, -0.2) is 16.1 Å². The maximum Gasteiger partial charge on any atom is 0.0948 e. The Morgan fingerprint density at radius 3 is 2.70 bits per heavy atom. The maximum atomic E-state index is 5.95. The van der Waals surface area contributed by atoms with E-state index in [1.54, 1.807) is 0 Å². The van der Waals surface area contributed by atoms with Crippen molar-refractivity contribution in [1.29, 1.82) is 0 Å². The first kappa shape index (κ1) is 14.8. The molecule has 2 aromatic rings. The summed E-state index contributed by atoms with van der Waals surface area (Å²) in [6.45, 7) is 5.87. The molecule has 0 bridgehead atoms. The Morgan fingerprint density at radius 2 is 2.05 bits per heavy atom. The number of benzene rings is 1. The van der Waals surface area contributed by atoms with Crippen molar-refractivity contribution in [3.05, 3.63) is 54.1 Å². The number of hydrogen-bond acceptors (Lipinski definition) is 3. The van der Waals surface area contributed by atoms with E-state index in [0.29, 0.717) is 6.54 Å². The third-order valence-corrected chi connectivity index (χ3v) is 3.55. The fourth-order valence-corrected chi connectivity index (χ4v) is 2.46. The van der Waals surface area contributed by atoms with Crippen molar-refractivity contribution in [1.82, 2.24) is 14.9 Å². The lowest BCUT2D eigenvalue weighted by Crippen LogP contribution is -2.32. The quantitative estimate of drug-likeness (QED) is 0.814. The number of nitrogens with two attached hydrogens (primary N) is 1. The van der Waals surface area contributed by atoms with Gasteiger partial charge in [-0.15, -0.1) is 0 Å². The van der Waals surface area contributed by atoms with Gasteiger partial charge in [0.2, 0.25) is 0 Å². The lowest BCUT2D eigenvalue weighted by Gasteiger charge is -2.23. The molecule has 0 amide bonds. The third-order valence-electron chi connectivity index (χ3n) is 3.55. The number of imidazole rings is 1. The van der Waals surface area contributed by atoms with Crippen LogP contribution in [0.3, 0.4) is 0 Å². The van der Waals surface area contributed by atoms with Crippen LogP contribution in [0.25, 0.3) is 0 Å². The topological polar surface area (TPSA) is 55.9 Å². The van der Waals surface area contributed by atoms with Crippen molar-refractivity contribution < 1.29 is 0 Å². The molecular weight excluding hydrogens is 248 g/mol. The van der Waals surface area contributed by atoms with Gasteiger partial charge in [-0.3, -0.25) is 0 Å². The number of aromatic nitrogens is 2. The van der Waals surface area contributed by atoms with E-state index in [1.807, 2.05) is 18.6 Å². The Morgan fingerprint density at radius 1 is 1.30 bits per heavy atom. The van der Waals surface area contributed by atoms with E-state index in [4.69, 9.17) is 5.73 Å². The highest BCUT2D eigenvalue weighted by molar-refractivity contribution is 5.19. The van der Waals surface area contributed by atoms with Gasteiger partial charge in [-0.05, 0) is 18.9 Å². The fraction of sp³-hybridized carbons (Fsp3) is 0.438. The van der Waals surface area contributed by atoms with Crippen LogP contribution in [0.4, 0.5) is 0 Å². The SMILES string of the molecule is CCCn1cncc1C(CN)NC(C)c1ccccc1. The molecule has 0 radical (unpaired) electrons. The normalized spacial score (nSPS) is 14.2. The van der Waals surface area contributed by atoms with E-state index >= 15 is 0 Å². The fourth-order valence-electron chi connectivity index (χ4n) is 2.46. The number of nitrogens with one attached hydrogen (secondary N) is 1. The molecule has 2 rings (SSSR count). The molecule has 0 aliphatic heterocycles. The summed E-state index contributed by atoms with van der Waals surface area (Å²) in [5.41, 5.74) is 8.39. The summed E-state index contributed by atoms with van der Waals surface area (Å²) in [5.74, 6) is 0. The summed E-state index contributed by atoms with van der Waals surface area (Å²) in [6.07, 6.45) is 4.89. The lowest BCUT2D eigenvalue weighted by atomic mass is 10.1. The highest BCUT2D eigenvalue weighted by Gasteiger charge is 2.17. The average Bonchev–Trinajstić information content (AvgIpc) is 2.94. The van der Waals surface area contributed by atoms with Crippen LogP contribution >= 0.6 is 0 Å². The molecule has 0 spiro atoms. The largest absolute Gasteiger partial charge is 0.333 e. The zero-order valence-corrected chi connectivity index (χ0v) is 12.3. The number of nitrogens with zero attached hydrogens (tertiary/aromatic N) is 2. The van der Waals surface area contributed by atoms with Gasteiger partial charge in [-0.25, -0.2) is 4.98 Å². The summed E-state index contributed by atoms with van der Waals surface area (Å²) >= 11 is 0. The molecule has 1 aromatic carbocycles. The monoisotopic (exact) mass is 272 g/mol. The molecule has 1 heterocycles. The van der Waals surface area contributed by atoms with E-state index in [-0.39, 0.29) is 12.1 Å². The van der Waals surface area contributed by atoms with Crippen molar-refractivity contribution in [2.75, 3.05) is 6.54 Å². The Hall–Kier alpha value is -1.65. The maximum absolute atomic E-state index is 5.95. The first-order chi connectivity index (χ1) is 9.76. The van der Waals surface area contributed by atoms with Gasteiger partial charge in [-0.2, -0.15) is 0 Å². The van der Waals surface area contributed by atoms with Crippen LogP contribution in [0.1, 0.15) is 43.6 Å². The second-order valence-electron chi connectivity index (χ2n) is 5.10. The van der Waals surface area contributed by atoms with Crippen LogP contribution < -0.4 is 11.1 Å². The molecule has 0 aliphatic carbocycles. The highest BCUT2D eigenvalue weighted by atomic mass is 15.1. The molecule has 1 aromatic heterocycles. The van der Waals surface area contributed by atoms with Gasteiger partial charge < -0.3 is 15.6 Å². The van der Waals surface area contributed by atoms with Crippen molar-refractivity contribution in [3.8, 4) is 0 Å². The Kier molecular flexibility index (Phi) is 5.32. The highest BCUT2D eigenvalue weighted by Crippen LogP contribution is 2.19. The van der Waals surface area contributed by atoms with E-state index in [0.717, 1.165) is 18.7 Å². The van der Waals surface area contributed by atoms with Gasteiger partial charge in [0.05, 0.1) is 18.1 Å². The van der Waals surface area contributed by atoms with E-state index < -0.39 is 0 Å². The first-order valence-corrected chi connectivity index (χ1v) is 7.27. The zero-order chi connectivity index (χ0) is 14.4. The minimum absolute atomic E-state index is 0.124. The molecule has 0 fully saturated rings. The summed E-state index contributed by atoms with van der Waals surface area (Å²) in [6, 6.07) is 10.8. The summed E-state index contributed by atoms with van der Waals surface area (Å²) in [4.78, 5) is 4.26. The standard InChI is InChI=1S/C16H24N4/c1-3-9-20-12-18-11-16(20)15(10-17)19-13(2)14-7-5-4-6-8-14/h4-8,11-13,15,19H,3,9-10,17H2,1-2H3. The number of aryl methyl sites for hydroxylation is 1. The van der Waals surface area contributed by atoms with Crippen LogP contribution in [0.2, 0.25) is 0 Å². The molecule has 4 nitrogen and oxygen atoms in total. The minimum atomic E-state index is 0.124. The van der Waals surface area contributed by atoms with E-state index in [1.165, 1.54) is 5.56 Å². The predicted molar refractivity (Wildman–Crippen MR) is 82.3 cm³/mol. The van der Waals surface area contributed by atoms with Gasteiger partial charge in [0.25, 0.3) is 0 Å².